The standard InChI is InChI=1S/C29H31N5O8/c1-36-19-10-8-16(9-11-19)28-30-25(29(35)34-33-28)24(17-12-20(37-2)26(41-6)21(13-17)38-3)32-31-18-14-22(39-4)27(42-7)23(15-18)40-5/h8-15,31H,1-7H3,(H,34,35)/b32-24+. The maximum absolute atomic E-state index is 13.2. The van der Waals surface area contributed by atoms with E-state index < -0.39 is 5.56 Å². The van der Waals surface area contributed by atoms with E-state index in [9.17, 15) is 4.79 Å². The molecule has 13 nitrogen and oxygen atoms in total. The van der Waals surface area contributed by atoms with E-state index in [1.165, 1.54) is 42.7 Å². The number of rotatable bonds is 12. The first-order valence-corrected chi connectivity index (χ1v) is 12.5. The lowest BCUT2D eigenvalue weighted by Gasteiger charge is -2.16. The summed E-state index contributed by atoms with van der Waals surface area (Å²) in [6, 6.07) is 13.8. The summed E-state index contributed by atoms with van der Waals surface area (Å²) in [5.41, 5.74) is 4.10. The third kappa shape index (κ3) is 5.99. The zero-order valence-electron chi connectivity index (χ0n) is 24.2. The maximum atomic E-state index is 13.2. The monoisotopic (exact) mass is 577 g/mol. The van der Waals surface area contributed by atoms with E-state index in [1.807, 2.05) is 0 Å². The Morgan fingerprint density at radius 1 is 0.714 bits per heavy atom. The summed E-state index contributed by atoms with van der Waals surface area (Å²) in [5.74, 6) is 3.24. The number of methoxy groups -OCH3 is 7. The molecular formula is C29H31N5O8. The molecule has 2 N–H and O–H groups in total. The van der Waals surface area contributed by atoms with Crippen molar-refractivity contribution in [3.8, 4) is 51.6 Å². The van der Waals surface area contributed by atoms with Crippen LogP contribution < -0.4 is 44.1 Å². The Hall–Kier alpha value is -5.46. The zero-order chi connectivity index (χ0) is 30.2. The molecule has 42 heavy (non-hydrogen) atoms. The Morgan fingerprint density at radius 3 is 1.71 bits per heavy atom. The molecule has 3 aromatic carbocycles. The second kappa shape index (κ2) is 13.3. The summed E-state index contributed by atoms with van der Waals surface area (Å²) in [4.78, 5) is 17.8. The number of H-pyrrole nitrogens is 1. The molecule has 0 unspecified atom stereocenters. The van der Waals surface area contributed by atoms with Gasteiger partial charge in [0.15, 0.2) is 34.5 Å². The molecule has 0 saturated carbocycles. The van der Waals surface area contributed by atoms with Gasteiger partial charge in [0, 0.05) is 23.3 Å². The van der Waals surface area contributed by atoms with Crippen LogP contribution in [0.1, 0.15) is 11.3 Å². The molecule has 0 atom stereocenters. The second-order valence-corrected chi connectivity index (χ2v) is 8.47. The van der Waals surface area contributed by atoms with Gasteiger partial charge < -0.3 is 33.2 Å². The first kappa shape index (κ1) is 29.5. The van der Waals surface area contributed by atoms with Crippen LogP contribution in [-0.4, -0.2) is 70.7 Å². The van der Waals surface area contributed by atoms with E-state index in [4.69, 9.17) is 33.2 Å². The number of aromatic nitrogens is 3. The summed E-state index contributed by atoms with van der Waals surface area (Å²) in [5, 5.41) is 11.3. The zero-order valence-corrected chi connectivity index (χ0v) is 24.2. The van der Waals surface area contributed by atoms with Crippen LogP contribution in [0.15, 0.2) is 58.4 Å². The van der Waals surface area contributed by atoms with Crippen molar-refractivity contribution in [3.05, 3.63) is 70.1 Å². The van der Waals surface area contributed by atoms with Gasteiger partial charge in [-0.05, 0) is 36.4 Å². The molecule has 220 valence electrons. The number of nitrogens with zero attached hydrogens (tertiary/aromatic N) is 3. The third-order valence-electron chi connectivity index (χ3n) is 6.17. The van der Waals surface area contributed by atoms with Crippen molar-refractivity contribution in [1.29, 1.82) is 0 Å². The number of aromatic amines is 1. The van der Waals surface area contributed by atoms with Gasteiger partial charge in [-0.2, -0.15) is 10.2 Å². The van der Waals surface area contributed by atoms with Crippen molar-refractivity contribution >= 4 is 11.4 Å². The molecule has 4 rings (SSSR count). The highest BCUT2D eigenvalue weighted by Crippen LogP contribution is 2.41. The molecule has 1 aromatic heterocycles. The Balaban J connectivity index is 1.92. The van der Waals surface area contributed by atoms with Crippen molar-refractivity contribution in [2.45, 2.75) is 0 Å². The van der Waals surface area contributed by atoms with Gasteiger partial charge in [0.1, 0.15) is 11.5 Å². The molecule has 0 aliphatic rings. The Bertz CT molecular complexity index is 1590. The van der Waals surface area contributed by atoms with Gasteiger partial charge in [-0.3, -0.25) is 10.2 Å². The van der Waals surface area contributed by atoms with Crippen LogP contribution in [-0.2, 0) is 0 Å². The van der Waals surface area contributed by atoms with Crippen molar-refractivity contribution in [2.75, 3.05) is 55.2 Å². The molecule has 0 bridgehead atoms. The molecule has 0 aliphatic heterocycles. The number of ether oxygens (including phenoxy) is 7. The molecule has 0 amide bonds. The molecule has 0 radical (unpaired) electrons. The van der Waals surface area contributed by atoms with Gasteiger partial charge in [0.2, 0.25) is 11.5 Å². The van der Waals surface area contributed by atoms with Gasteiger partial charge in [-0.25, -0.2) is 10.1 Å². The Labute approximate surface area is 242 Å². The average molecular weight is 578 g/mol. The van der Waals surface area contributed by atoms with Crippen molar-refractivity contribution in [3.63, 3.8) is 0 Å². The van der Waals surface area contributed by atoms with Gasteiger partial charge in [0.25, 0.3) is 5.56 Å². The van der Waals surface area contributed by atoms with Crippen LogP contribution in [0.25, 0.3) is 11.4 Å². The van der Waals surface area contributed by atoms with Crippen LogP contribution in [0.4, 0.5) is 5.69 Å². The number of anilines is 1. The fourth-order valence-corrected chi connectivity index (χ4v) is 4.11. The minimum atomic E-state index is -0.577. The lowest BCUT2D eigenvalue weighted by molar-refractivity contribution is 0.324. The second-order valence-electron chi connectivity index (χ2n) is 8.47. The predicted octanol–water partition coefficient (Wildman–Crippen LogP) is 3.76. The highest BCUT2D eigenvalue weighted by molar-refractivity contribution is 6.12. The van der Waals surface area contributed by atoms with Crippen molar-refractivity contribution in [2.24, 2.45) is 5.10 Å². The normalized spacial score (nSPS) is 11.0. The Morgan fingerprint density at radius 2 is 1.24 bits per heavy atom. The fraction of sp³-hybridized carbons (Fsp3) is 0.241. The minimum absolute atomic E-state index is 0.0231. The molecule has 13 heteroatoms. The highest BCUT2D eigenvalue weighted by Gasteiger charge is 2.22. The summed E-state index contributed by atoms with van der Waals surface area (Å²) < 4.78 is 38.1. The molecular weight excluding hydrogens is 546 g/mol. The van der Waals surface area contributed by atoms with Crippen LogP contribution >= 0.6 is 0 Å². The maximum Gasteiger partial charge on any atom is 0.292 e. The number of nitrogens with one attached hydrogen (secondary N) is 2. The SMILES string of the molecule is COc1ccc(-c2n[nH]c(=O)c(/C(=N/Nc3cc(OC)c(OC)c(OC)c3)c3cc(OC)c(OC)c(OC)c3)n2)cc1. The first-order chi connectivity index (χ1) is 20.4. The first-order valence-electron chi connectivity index (χ1n) is 12.5. The summed E-state index contributed by atoms with van der Waals surface area (Å²) in [6.45, 7) is 0. The molecule has 1 heterocycles. The van der Waals surface area contributed by atoms with Gasteiger partial charge in [0.05, 0.1) is 55.5 Å². The number of hydrogen-bond acceptors (Lipinski definition) is 12. The predicted molar refractivity (Wildman–Crippen MR) is 156 cm³/mol. The molecule has 0 aliphatic carbocycles. The van der Waals surface area contributed by atoms with Gasteiger partial charge in [-0.1, -0.05) is 0 Å². The van der Waals surface area contributed by atoms with E-state index in [-0.39, 0.29) is 17.2 Å². The third-order valence-corrected chi connectivity index (χ3v) is 6.17. The van der Waals surface area contributed by atoms with Crippen LogP contribution in [0.3, 0.4) is 0 Å². The van der Waals surface area contributed by atoms with Crippen LogP contribution in [0.5, 0.6) is 40.2 Å². The lowest BCUT2D eigenvalue weighted by atomic mass is 10.1. The van der Waals surface area contributed by atoms with Gasteiger partial charge in [-0.15, -0.1) is 0 Å². The quantitative estimate of drug-likeness (QED) is 0.187. The largest absolute Gasteiger partial charge is 0.497 e. The van der Waals surface area contributed by atoms with E-state index in [2.05, 4.69) is 25.7 Å². The number of hydrazone groups is 1. The highest BCUT2D eigenvalue weighted by atomic mass is 16.5. The molecule has 0 saturated heterocycles. The topological polar surface area (TPSA) is 148 Å². The smallest absolute Gasteiger partial charge is 0.292 e. The summed E-state index contributed by atoms with van der Waals surface area (Å²) in [6.07, 6.45) is 0. The molecule has 4 aromatic rings. The van der Waals surface area contributed by atoms with Crippen molar-refractivity contribution < 1.29 is 33.2 Å². The number of hydrogen-bond donors (Lipinski definition) is 2. The Kier molecular flexibility index (Phi) is 9.32. The van der Waals surface area contributed by atoms with Crippen molar-refractivity contribution in [1.82, 2.24) is 15.2 Å². The fourth-order valence-electron chi connectivity index (χ4n) is 4.11. The minimum Gasteiger partial charge on any atom is -0.497 e. The van der Waals surface area contributed by atoms with Gasteiger partial charge >= 0.3 is 0 Å². The molecule has 0 fully saturated rings. The van der Waals surface area contributed by atoms with Crippen LogP contribution in [0.2, 0.25) is 0 Å². The number of benzene rings is 3. The average Bonchev–Trinajstić information content (AvgIpc) is 3.04. The molecule has 0 spiro atoms. The summed E-state index contributed by atoms with van der Waals surface area (Å²) >= 11 is 0. The lowest BCUT2D eigenvalue weighted by Crippen LogP contribution is -2.24. The summed E-state index contributed by atoms with van der Waals surface area (Å²) in [7, 11) is 10.6. The van der Waals surface area contributed by atoms with E-state index >= 15 is 0 Å². The van der Waals surface area contributed by atoms with E-state index in [0.717, 1.165) is 0 Å². The van der Waals surface area contributed by atoms with Crippen LogP contribution in [0, 0.1) is 0 Å². The van der Waals surface area contributed by atoms with E-state index in [0.29, 0.717) is 57.1 Å². The van der Waals surface area contributed by atoms with E-state index in [1.54, 1.807) is 55.6 Å².